The summed E-state index contributed by atoms with van der Waals surface area (Å²) in [5, 5.41) is 3.29. The summed E-state index contributed by atoms with van der Waals surface area (Å²) in [6.07, 6.45) is 7.66. The van der Waals surface area contributed by atoms with E-state index in [0.717, 1.165) is 11.3 Å². The standard InChI is InChI=1S/C23H23FN4O/c1-2-5-19-9-10-20(21(22(25)29)17-7-4-12-26-15-17)23(28-19)27-13-11-16-6-3-8-18(24)14-16/h2-10,12,14-15,21H,11,13H2,1H3,(H2,25,29)(H,27,28). The van der Waals surface area contributed by atoms with Crippen molar-refractivity contribution in [3.63, 3.8) is 0 Å². The van der Waals surface area contributed by atoms with Crippen LogP contribution in [0.4, 0.5) is 10.2 Å². The van der Waals surface area contributed by atoms with Crippen LogP contribution in [0.15, 0.2) is 67.0 Å². The van der Waals surface area contributed by atoms with Crippen LogP contribution in [0.2, 0.25) is 0 Å². The van der Waals surface area contributed by atoms with Gasteiger partial charge in [-0.3, -0.25) is 9.78 Å². The number of rotatable bonds is 8. The number of hydrogen-bond acceptors (Lipinski definition) is 4. The number of anilines is 1. The number of allylic oxidation sites excluding steroid dienone is 1. The zero-order valence-corrected chi connectivity index (χ0v) is 16.2. The number of carbonyl (C=O) groups excluding carboxylic acids is 1. The molecule has 3 rings (SSSR count). The van der Waals surface area contributed by atoms with E-state index in [1.165, 1.54) is 12.1 Å². The van der Waals surface area contributed by atoms with Crippen molar-refractivity contribution >= 4 is 17.8 Å². The zero-order chi connectivity index (χ0) is 20.6. The molecule has 0 saturated heterocycles. The molecule has 0 spiro atoms. The minimum absolute atomic E-state index is 0.262. The van der Waals surface area contributed by atoms with Crippen LogP contribution in [0.1, 0.15) is 35.2 Å². The Kier molecular flexibility index (Phi) is 6.68. The highest BCUT2D eigenvalue weighted by Gasteiger charge is 2.24. The number of halogens is 1. The summed E-state index contributed by atoms with van der Waals surface area (Å²) in [4.78, 5) is 21.0. The summed E-state index contributed by atoms with van der Waals surface area (Å²) < 4.78 is 13.4. The van der Waals surface area contributed by atoms with Crippen LogP contribution in [-0.4, -0.2) is 22.4 Å². The van der Waals surface area contributed by atoms with Crippen LogP contribution < -0.4 is 11.1 Å². The highest BCUT2D eigenvalue weighted by atomic mass is 19.1. The van der Waals surface area contributed by atoms with Crippen LogP contribution in [0.5, 0.6) is 0 Å². The first kappa shape index (κ1) is 20.2. The molecule has 3 N–H and O–H groups in total. The van der Waals surface area contributed by atoms with Crippen LogP contribution in [0.25, 0.3) is 6.08 Å². The van der Waals surface area contributed by atoms with Gasteiger partial charge >= 0.3 is 0 Å². The van der Waals surface area contributed by atoms with E-state index in [4.69, 9.17) is 5.73 Å². The number of nitrogens with one attached hydrogen (secondary N) is 1. The first-order valence-corrected chi connectivity index (χ1v) is 9.39. The first-order chi connectivity index (χ1) is 14.1. The molecule has 1 atom stereocenters. The molecule has 0 saturated carbocycles. The van der Waals surface area contributed by atoms with E-state index in [9.17, 15) is 9.18 Å². The molecule has 1 aromatic carbocycles. The van der Waals surface area contributed by atoms with Crippen LogP contribution in [-0.2, 0) is 11.2 Å². The van der Waals surface area contributed by atoms with Gasteiger partial charge in [-0.2, -0.15) is 0 Å². The third kappa shape index (κ3) is 5.25. The molecular formula is C23H23FN4O. The lowest BCUT2D eigenvalue weighted by molar-refractivity contribution is -0.118. The number of amides is 1. The second-order valence-corrected chi connectivity index (χ2v) is 6.60. The Morgan fingerprint density at radius 1 is 1.24 bits per heavy atom. The number of primary amides is 1. The highest BCUT2D eigenvalue weighted by molar-refractivity contribution is 5.87. The Balaban J connectivity index is 1.90. The monoisotopic (exact) mass is 390 g/mol. The van der Waals surface area contributed by atoms with Crippen LogP contribution in [0.3, 0.4) is 0 Å². The molecule has 2 heterocycles. The predicted molar refractivity (Wildman–Crippen MR) is 113 cm³/mol. The molecule has 5 nitrogen and oxygen atoms in total. The van der Waals surface area contributed by atoms with Crippen LogP contribution >= 0.6 is 0 Å². The summed E-state index contributed by atoms with van der Waals surface area (Å²) >= 11 is 0. The molecule has 6 heteroatoms. The fourth-order valence-electron chi connectivity index (χ4n) is 3.18. The first-order valence-electron chi connectivity index (χ1n) is 9.39. The number of carbonyl (C=O) groups is 1. The number of nitrogens with zero attached hydrogens (tertiary/aromatic N) is 2. The van der Waals surface area contributed by atoms with Crippen molar-refractivity contribution in [2.45, 2.75) is 19.3 Å². The lowest BCUT2D eigenvalue weighted by Crippen LogP contribution is -2.24. The topological polar surface area (TPSA) is 80.9 Å². The summed E-state index contributed by atoms with van der Waals surface area (Å²) in [5.41, 5.74) is 8.75. The molecule has 0 aliphatic carbocycles. The molecule has 0 bridgehead atoms. The van der Waals surface area contributed by atoms with E-state index in [0.29, 0.717) is 29.9 Å². The summed E-state index contributed by atoms with van der Waals surface area (Å²) in [5.74, 6) is -0.842. The average molecular weight is 390 g/mol. The van der Waals surface area contributed by atoms with Crippen molar-refractivity contribution in [1.29, 1.82) is 0 Å². The Bertz CT molecular complexity index is 1000. The minimum atomic E-state index is -0.674. The van der Waals surface area contributed by atoms with Crippen molar-refractivity contribution in [3.05, 3.63) is 95.2 Å². The maximum Gasteiger partial charge on any atom is 0.229 e. The maximum absolute atomic E-state index is 13.4. The maximum atomic E-state index is 13.4. The Morgan fingerprint density at radius 3 is 2.79 bits per heavy atom. The van der Waals surface area contributed by atoms with Gasteiger partial charge in [0, 0.05) is 24.5 Å². The van der Waals surface area contributed by atoms with Gasteiger partial charge in [-0.05, 0) is 54.8 Å². The summed E-state index contributed by atoms with van der Waals surface area (Å²) in [6.45, 7) is 2.44. The summed E-state index contributed by atoms with van der Waals surface area (Å²) in [6, 6.07) is 13.8. The van der Waals surface area contributed by atoms with Gasteiger partial charge in [0.05, 0.1) is 11.6 Å². The fraction of sp³-hybridized carbons (Fsp3) is 0.174. The smallest absolute Gasteiger partial charge is 0.229 e. The van der Waals surface area contributed by atoms with E-state index in [1.54, 1.807) is 24.5 Å². The van der Waals surface area contributed by atoms with Crippen molar-refractivity contribution in [3.8, 4) is 0 Å². The highest BCUT2D eigenvalue weighted by Crippen LogP contribution is 2.29. The SMILES string of the molecule is CC=Cc1ccc(C(C(N)=O)c2cccnc2)c(NCCc2cccc(F)c2)n1. The number of pyridine rings is 2. The van der Waals surface area contributed by atoms with Gasteiger partial charge in [0.1, 0.15) is 11.6 Å². The van der Waals surface area contributed by atoms with Crippen molar-refractivity contribution < 1.29 is 9.18 Å². The minimum Gasteiger partial charge on any atom is -0.369 e. The molecule has 0 aliphatic rings. The number of nitrogens with two attached hydrogens (primary N) is 1. The average Bonchev–Trinajstić information content (AvgIpc) is 2.70. The third-order valence-corrected chi connectivity index (χ3v) is 4.49. The normalized spacial score (nSPS) is 12.1. The van der Waals surface area contributed by atoms with Crippen molar-refractivity contribution in [1.82, 2.24) is 9.97 Å². The Labute approximate surface area is 169 Å². The molecule has 0 fully saturated rings. The predicted octanol–water partition coefficient (Wildman–Crippen LogP) is 3.92. The molecule has 0 aliphatic heterocycles. The molecule has 0 radical (unpaired) electrons. The summed E-state index contributed by atoms with van der Waals surface area (Å²) in [7, 11) is 0. The molecule has 148 valence electrons. The fourth-order valence-corrected chi connectivity index (χ4v) is 3.18. The van der Waals surface area contributed by atoms with Gasteiger partial charge < -0.3 is 11.1 Å². The second-order valence-electron chi connectivity index (χ2n) is 6.60. The van der Waals surface area contributed by atoms with E-state index >= 15 is 0 Å². The molecule has 1 unspecified atom stereocenters. The van der Waals surface area contributed by atoms with Gasteiger partial charge in [0.2, 0.25) is 5.91 Å². The Hall–Kier alpha value is -3.54. The van der Waals surface area contributed by atoms with Gasteiger partial charge in [0.15, 0.2) is 0 Å². The number of aromatic nitrogens is 2. The van der Waals surface area contributed by atoms with Gasteiger partial charge in [-0.15, -0.1) is 0 Å². The molecule has 1 amide bonds. The quantitative estimate of drug-likeness (QED) is 0.611. The zero-order valence-electron chi connectivity index (χ0n) is 16.2. The lowest BCUT2D eigenvalue weighted by Gasteiger charge is -2.19. The van der Waals surface area contributed by atoms with Gasteiger partial charge in [0.25, 0.3) is 0 Å². The van der Waals surface area contributed by atoms with Crippen molar-refractivity contribution in [2.24, 2.45) is 5.73 Å². The molecule has 2 aromatic heterocycles. The van der Waals surface area contributed by atoms with E-state index in [-0.39, 0.29) is 5.82 Å². The number of hydrogen-bond donors (Lipinski definition) is 2. The Morgan fingerprint density at radius 2 is 2.10 bits per heavy atom. The van der Waals surface area contributed by atoms with E-state index in [2.05, 4.69) is 15.3 Å². The molecule has 29 heavy (non-hydrogen) atoms. The van der Waals surface area contributed by atoms with Gasteiger partial charge in [-0.25, -0.2) is 9.37 Å². The largest absolute Gasteiger partial charge is 0.369 e. The van der Waals surface area contributed by atoms with Gasteiger partial charge in [-0.1, -0.05) is 30.3 Å². The van der Waals surface area contributed by atoms with E-state index in [1.807, 2.05) is 43.3 Å². The van der Waals surface area contributed by atoms with E-state index < -0.39 is 11.8 Å². The third-order valence-electron chi connectivity index (χ3n) is 4.49. The lowest BCUT2D eigenvalue weighted by atomic mass is 9.91. The van der Waals surface area contributed by atoms with Crippen molar-refractivity contribution in [2.75, 3.05) is 11.9 Å². The second kappa shape index (κ2) is 9.59. The van der Waals surface area contributed by atoms with Crippen LogP contribution in [0, 0.1) is 5.82 Å². The molecular weight excluding hydrogens is 367 g/mol. The number of benzene rings is 1. The molecule has 3 aromatic rings.